The average Bonchev–Trinajstić information content (AvgIpc) is 2.37. The Balaban J connectivity index is 1.68. The summed E-state index contributed by atoms with van der Waals surface area (Å²) in [5.41, 5.74) is 0.216. The number of nitrogens with zero attached hydrogens (tertiary/aromatic N) is 1. The van der Waals surface area contributed by atoms with E-state index in [1.165, 1.54) is 0 Å². The second kappa shape index (κ2) is 6.23. The number of piperidine rings is 1. The molecule has 0 atom stereocenters. The fourth-order valence-electron chi connectivity index (χ4n) is 3.09. The zero-order valence-electron chi connectivity index (χ0n) is 12.6. The molecule has 19 heavy (non-hydrogen) atoms. The van der Waals surface area contributed by atoms with E-state index in [1.54, 1.807) is 0 Å². The van der Waals surface area contributed by atoms with Gasteiger partial charge in [-0.15, -0.1) is 0 Å². The van der Waals surface area contributed by atoms with E-state index in [9.17, 15) is 4.79 Å². The smallest absolute Gasteiger partial charge is 0.222 e. The van der Waals surface area contributed by atoms with Crippen LogP contribution >= 0.6 is 0 Å². The molecule has 0 unspecified atom stereocenters. The Morgan fingerprint density at radius 2 is 2.00 bits per heavy atom. The van der Waals surface area contributed by atoms with Gasteiger partial charge < -0.3 is 15.0 Å². The van der Waals surface area contributed by atoms with Crippen LogP contribution in [0.25, 0.3) is 0 Å². The zero-order chi connectivity index (χ0) is 13.9. The van der Waals surface area contributed by atoms with Crippen molar-refractivity contribution in [1.82, 2.24) is 10.2 Å². The van der Waals surface area contributed by atoms with Gasteiger partial charge in [-0.25, -0.2) is 0 Å². The molecule has 0 radical (unpaired) electrons. The largest absolute Gasteiger partial charge is 0.378 e. The lowest BCUT2D eigenvalue weighted by molar-refractivity contribution is -0.136. The first-order valence-electron chi connectivity index (χ1n) is 7.64. The van der Waals surface area contributed by atoms with Crippen molar-refractivity contribution in [3.05, 3.63) is 0 Å². The number of likely N-dealkylation sites (tertiary alicyclic amines) is 1. The Bertz CT molecular complexity index is 305. The highest BCUT2D eigenvalue weighted by molar-refractivity contribution is 5.76. The molecule has 0 aromatic rings. The van der Waals surface area contributed by atoms with Crippen LogP contribution in [0.3, 0.4) is 0 Å². The highest BCUT2D eigenvalue weighted by Crippen LogP contribution is 2.33. The van der Waals surface area contributed by atoms with Crippen LogP contribution < -0.4 is 5.32 Å². The molecule has 0 bridgehead atoms. The molecule has 1 aliphatic carbocycles. The number of nitrogens with one attached hydrogen (secondary N) is 1. The topological polar surface area (TPSA) is 41.6 Å². The summed E-state index contributed by atoms with van der Waals surface area (Å²) in [5, 5.41) is 3.37. The third-order valence-corrected chi connectivity index (χ3v) is 4.88. The van der Waals surface area contributed by atoms with Gasteiger partial charge in [0.15, 0.2) is 0 Å². The van der Waals surface area contributed by atoms with Gasteiger partial charge >= 0.3 is 0 Å². The first-order valence-corrected chi connectivity index (χ1v) is 7.64. The maximum Gasteiger partial charge on any atom is 0.222 e. The molecule has 1 saturated heterocycles. The molecule has 2 aliphatic rings. The maximum atomic E-state index is 12.2. The lowest BCUT2D eigenvalue weighted by atomic mass is 9.79. The summed E-state index contributed by atoms with van der Waals surface area (Å²) in [6, 6.07) is 0. The molecule has 0 aromatic heterocycles. The number of hydrogen-bond acceptors (Lipinski definition) is 3. The molecule has 2 rings (SSSR count). The third kappa shape index (κ3) is 3.69. The highest BCUT2D eigenvalue weighted by Gasteiger charge is 2.34. The summed E-state index contributed by atoms with van der Waals surface area (Å²) in [6.07, 6.45) is 5.39. The lowest BCUT2D eigenvalue weighted by Crippen LogP contribution is -2.51. The van der Waals surface area contributed by atoms with Gasteiger partial charge in [0.05, 0.1) is 6.10 Å². The van der Waals surface area contributed by atoms with E-state index in [-0.39, 0.29) is 5.54 Å². The number of amides is 1. The Morgan fingerprint density at radius 1 is 1.37 bits per heavy atom. The average molecular weight is 268 g/mol. The van der Waals surface area contributed by atoms with Gasteiger partial charge in [0, 0.05) is 31.7 Å². The number of hydrogen-bond donors (Lipinski definition) is 1. The second-order valence-corrected chi connectivity index (χ2v) is 6.31. The van der Waals surface area contributed by atoms with E-state index in [0.717, 1.165) is 51.8 Å². The predicted molar refractivity (Wildman–Crippen MR) is 76.0 cm³/mol. The Kier molecular flexibility index (Phi) is 4.85. The van der Waals surface area contributed by atoms with Gasteiger partial charge in [-0.3, -0.25) is 4.79 Å². The summed E-state index contributed by atoms with van der Waals surface area (Å²) in [6.45, 7) is 6.87. The molecule has 0 aromatic carbocycles. The quantitative estimate of drug-likeness (QED) is 0.826. The molecule has 1 saturated carbocycles. The van der Waals surface area contributed by atoms with Gasteiger partial charge in [-0.2, -0.15) is 0 Å². The molecule has 110 valence electrons. The highest BCUT2D eigenvalue weighted by atomic mass is 16.5. The van der Waals surface area contributed by atoms with Crippen LogP contribution in [0.4, 0.5) is 0 Å². The van der Waals surface area contributed by atoms with E-state index in [1.807, 2.05) is 18.9 Å². The SMILES string of the molecule is CCOC1CC(CC(=O)N2CCC(C)(NC)CC2)C1. The minimum atomic E-state index is 0.216. The lowest BCUT2D eigenvalue weighted by Gasteiger charge is -2.41. The maximum absolute atomic E-state index is 12.2. The Morgan fingerprint density at radius 3 is 2.53 bits per heavy atom. The molecule has 2 fully saturated rings. The van der Waals surface area contributed by atoms with E-state index in [2.05, 4.69) is 12.2 Å². The number of ether oxygens (including phenoxy) is 1. The number of rotatable bonds is 5. The molecule has 1 N–H and O–H groups in total. The van der Waals surface area contributed by atoms with Crippen LogP contribution in [0.1, 0.15) is 46.0 Å². The fourth-order valence-corrected chi connectivity index (χ4v) is 3.09. The molecule has 0 spiro atoms. The molecular formula is C15H28N2O2. The first-order chi connectivity index (χ1) is 9.06. The van der Waals surface area contributed by atoms with Crippen LogP contribution in [-0.4, -0.2) is 49.2 Å². The summed E-state index contributed by atoms with van der Waals surface area (Å²) in [5.74, 6) is 0.903. The minimum Gasteiger partial charge on any atom is -0.378 e. The summed E-state index contributed by atoms with van der Waals surface area (Å²) < 4.78 is 5.54. The van der Waals surface area contributed by atoms with Crippen molar-refractivity contribution >= 4 is 5.91 Å². The molecule has 1 heterocycles. The zero-order valence-corrected chi connectivity index (χ0v) is 12.6. The monoisotopic (exact) mass is 268 g/mol. The summed E-state index contributed by atoms with van der Waals surface area (Å²) in [4.78, 5) is 14.3. The molecule has 4 nitrogen and oxygen atoms in total. The van der Waals surface area contributed by atoms with Crippen LogP contribution in [0.2, 0.25) is 0 Å². The molecule has 1 aliphatic heterocycles. The van der Waals surface area contributed by atoms with Gasteiger partial charge in [0.25, 0.3) is 0 Å². The van der Waals surface area contributed by atoms with Crippen molar-refractivity contribution in [3.8, 4) is 0 Å². The number of carbonyl (C=O) groups is 1. The molecular weight excluding hydrogens is 240 g/mol. The summed E-state index contributed by atoms with van der Waals surface area (Å²) in [7, 11) is 2.01. The standard InChI is InChI=1S/C15H28N2O2/c1-4-19-13-9-12(10-13)11-14(18)17-7-5-15(2,16-3)6-8-17/h12-13,16H,4-11H2,1-3H3. The van der Waals surface area contributed by atoms with E-state index < -0.39 is 0 Å². The van der Waals surface area contributed by atoms with Crippen molar-refractivity contribution < 1.29 is 9.53 Å². The van der Waals surface area contributed by atoms with Crippen LogP contribution in [0, 0.1) is 5.92 Å². The van der Waals surface area contributed by atoms with Crippen molar-refractivity contribution in [1.29, 1.82) is 0 Å². The van der Waals surface area contributed by atoms with Crippen LogP contribution in [0.5, 0.6) is 0 Å². The van der Waals surface area contributed by atoms with E-state index >= 15 is 0 Å². The van der Waals surface area contributed by atoms with Crippen LogP contribution in [0.15, 0.2) is 0 Å². The Labute approximate surface area is 116 Å². The van der Waals surface area contributed by atoms with Gasteiger partial charge in [-0.05, 0) is 52.5 Å². The van der Waals surface area contributed by atoms with Crippen molar-refractivity contribution in [2.75, 3.05) is 26.7 Å². The minimum absolute atomic E-state index is 0.216. The van der Waals surface area contributed by atoms with Crippen molar-refractivity contribution in [3.63, 3.8) is 0 Å². The first kappa shape index (κ1) is 14.8. The van der Waals surface area contributed by atoms with E-state index in [0.29, 0.717) is 17.9 Å². The molecule has 4 heteroatoms. The fraction of sp³-hybridized carbons (Fsp3) is 0.933. The number of carbonyl (C=O) groups excluding carboxylic acids is 1. The third-order valence-electron chi connectivity index (χ3n) is 4.88. The Hall–Kier alpha value is -0.610. The summed E-state index contributed by atoms with van der Waals surface area (Å²) >= 11 is 0. The molecule has 1 amide bonds. The van der Waals surface area contributed by atoms with Crippen molar-refractivity contribution in [2.45, 2.75) is 57.6 Å². The van der Waals surface area contributed by atoms with Crippen LogP contribution in [-0.2, 0) is 9.53 Å². The normalized spacial score (nSPS) is 29.9. The predicted octanol–water partition coefficient (Wildman–Crippen LogP) is 1.79. The second-order valence-electron chi connectivity index (χ2n) is 6.31. The van der Waals surface area contributed by atoms with Crippen molar-refractivity contribution in [2.24, 2.45) is 5.92 Å². The van der Waals surface area contributed by atoms with Gasteiger partial charge in [0.1, 0.15) is 0 Å². The van der Waals surface area contributed by atoms with E-state index in [4.69, 9.17) is 4.74 Å². The van der Waals surface area contributed by atoms with Gasteiger partial charge in [-0.1, -0.05) is 0 Å². The van der Waals surface area contributed by atoms with Gasteiger partial charge in [0.2, 0.25) is 5.91 Å².